The maximum atomic E-state index is 13.2. The van der Waals surface area contributed by atoms with Crippen LogP contribution >= 0.6 is 0 Å². The van der Waals surface area contributed by atoms with Crippen LogP contribution in [0, 0.1) is 17.2 Å². The van der Waals surface area contributed by atoms with Crippen LogP contribution in [0.2, 0.25) is 0 Å². The van der Waals surface area contributed by atoms with Gasteiger partial charge >= 0.3 is 5.97 Å². The Morgan fingerprint density at radius 1 is 1.30 bits per heavy atom. The highest BCUT2D eigenvalue weighted by atomic mass is 19.1. The molecule has 0 aromatic heterocycles. The summed E-state index contributed by atoms with van der Waals surface area (Å²) in [5, 5.41) is 12.1. The predicted molar refractivity (Wildman–Crippen MR) is 87.5 cm³/mol. The van der Waals surface area contributed by atoms with Crippen molar-refractivity contribution >= 4 is 11.9 Å². The van der Waals surface area contributed by atoms with E-state index in [2.05, 4.69) is 5.32 Å². The van der Waals surface area contributed by atoms with Crippen LogP contribution < -0.4 is 5.32 Å². The van der Waals surface area contributed by atoms with Gasteiger partial charge in [0.25, 0.3) is 0 Å². The van der Waals surface area contributed by atoms with Gasteiger partial charge in [-0.2, -0.15) is 0 Å². The first-order valence-electron chi connectivity index (χ1n) is 8.07. The molecule has 1 amide bonds. The van der Waals surface area contributed by atoms with Crippen molar-refractivity contribution in [3.05, 3.63) is 35.6 Å². The Bertz CT molecular complexity index is 541. The van der Waals surface area contributed by atoms with Gasteiger partial charge < -0.3 is 10.4 Å². The van der Waals surface area contributed by atoms with Crippen molar-refractivity contribution in [3.8, 4) is 0 Å². The molecule has 1 aromatic rings. The van der Waals surface area contributed by atoms with Gasteiger partial charge in [0.2, 0.25) is 5.91 Å². The maximum Gasteiger partial charge on any atom is 0.311 e. The average Bonchev–Trinajstić information content (AvgIpc) is 2.48. The fourth-order valence-corrected chi connectivity index (χ4v) is 2.67. The molecule has 0 radical (unpaired) electrons. The van der Waals surface area contributed by atoms with Gasteiger partial charge in [-0.15, -0.1) is 0 Å². The third kappa shape index (κ3) is 5.66. The molecule has 23 heavy (non-hydrogen) atoms. The van der Waals surface area contributed by atoms with Crippen molar-refractivity contribution in [1.29, 1.82) is 0 Å². The molecule has 128 valence electrons. The lowest BCUT2D eigenvalue weighted by atomic mass is 9.82. The number of carbonyl (C=O) groups excluding carboxylic acids is 1. The zero-order valence-electron chi connectivity index (χ0n) is 14.1. The molecule has 0 saturated heterocycles. The normalized spacial score (nSPS) is 12.7. The number of carbonyl (C=O) groups is 2. The molecule has 0 fully saturated rings. The summed E-state index contributed by atoms with van der Waals surface area (Å²) in [6.07, 6.45) is 1.84. The molecule has 4 nitrogen and oxygen atoms in total. The Labute approximate surface area is 137 Å². The van der Waals surface area contributed by atoms with Crippen LogP contribution in [0.4, 0.5) is 4.39 Å². The molecule has 0 spiro atoms. The van der Waals surface area contributed by atoms with Crippen LogP contribution in [0.5, 0.6) is 0 Å². The van der Waals surface area contributed by atoms with E-state index in [4.69, 9.17) is 0 Å². The number of aliphatic carboxylic acids is 1. The zero-order chi connectivity index (χ0) is 17.5. The molecule has 0 heterocycles. The molecule has 2 N–H and O–H groups in total. The summed E-state index contributed by atoms with van der Waals surface area (Å²) >= 11 is 0. The molecule has 0 saturated carbocycles. The van der Waals surface area contributed by atoms with Gasteiger partial charge in [-0.25, -0.2) is 4.39 Å². The van der Waals surface area contributed by atoms with Crippen molar-refractivity contribution in [1.82, 2.24) is 5.32 Å². The third-order valence-electron chi connectivity index (χ3n) is 4.44. The van der Waals surface area contributed by atoms with Gasteiger partial charge in [-0.3, -0.25) is 9.59 Å². The van der Waals surface area contributed by atoms with Gasteiger partial charge in [-0.05, 0) is 42.9 Å². The molecular formula is C18H26FNO3. The first-order chi connectivity index (χ1) is 10.8. The van der Waals surface area contributed by atoms with E-state index in [0.717, 1.165) is 5.56 Å². The lowest BCUT2D eigenvalue weighted by Gasteiger charge is -2.27. The van der Waals surface area contributed by atoms with Crippen molar-refractivity contribution in [3.63, 3.8) is 0 Å². The van der Waals surface area contributed by atoms with Gasteiger partial charge in [-0.1, -0.05) is 32.9 Å². The van der Waals surface area contributed by atoms with Crippen molar-refractivity contribution in [2.45, 2.75) is 46.5 Å². The van der Waals surface area contributed by atoms with E-state index in [1.807, 2.05) is 26.8 Å². The maximum absolute atomic E-state index is 13.2. The number of halogens is 1. The number of hydrogen-bond donors (Lipinski definition) is 2. The average molecular weight is 323 g/mol. The van der Waals surface area contributed by atoms with E-state index < -0.39 is 11.4 Å². The summed E-state index contributed by atoms with van der Waals surface area (Å²) in [4.78, 5) is 23.4. The van der Waals surface area contributed by atoms with Gasteiger partial charge in [0, 0.05) is 13.0 Å². The minimum Gasteiger partial charge on any atom is -0.481 e. The molecule has 1 aromatic carbocycles. The molecule has 0 aliphatic rings. The smallest absolute Gasteiger partial charge is 0.311 e. The number of rotatable bonds is 9. The Kier molecular flexibility index (Phi) is 7.20. The number of amides is 1. The van der Waals surface area contributed by atoms with Crippen LogP contribution in [0.15, 0.2) is 24.3 Å². The molecule has 1 atom stereocenters. The fraction of sp³-hybridized carbons (Fsp3) is 0.556. The van der Waals surface area contributed by atoms with Crippen molar-refractivity contribution in [2.75, 3.05) is 6.54 Å². The zero-order valence-corrected chi connectivity index (χ0v) is 14.1. The van der Waals surface area contributed by atoms with E-state index in [0.29, 0.717) is 25.7 Å². The second-order valence-corrected chi connectivity index (χ2v) is 6.21. The molecule has 0 aliphatic carbocycles. The summed E-state index contributed by atoms with van der Waals surface area (Å²) in [7, 11) is 0. The number of hydrogen-bond acceptors (Lipinski definition) is 2. The van der Waals surface area contributed by atoms with Crippen molar-refractivity contribution in [2.24, 2.45) is 11.3 Å². The largest absolute Gasteiger partial charge is 0.481 e. The highest BCUT2D eigenvalue weighted by molar-refractivity contribution is 5.79. The summed E-state index contributed by atoms with van der Waals surface area (Å²) in [6, 6.07) is 6.35. The topological polar surface area (TPSA) is 66.4 Å². The third-order valence-corrected chi connectivity index (χ3v) is 4.44. The van der Waals surface area contributed by atoms with Crippen LogP contribution in [0.3, 0.4) is 0 Å². The minimum absolute atomic E-state index is 0.0549. The monoisotopic (exact) mass is 323 g/mol. The number of carboxylic acids is 1. The molecule has 1 rings (SSSR count). The predicted octanol–water partition coefficient (Wildman–Crippen LogP) is 3.40. The lowest BCUT2D eigenvalue weighted by molar-refractivity contribution is -0.149. The quantitative estimate of drug-likeness (QED) is 0.732. The summed E-state index contributed by atoms with van der Waals surface area (Å²) < 4.78 is 13.2. The summed E-state index contributed by atoms with van der Waals surface area (Å²) in [6.45, 7) is 5.70. The standard InChI is InChI=1S/C18H26FNO3/c1-4-18(5-2,17(22)23)12-20-16(21)10-13(3)9-14-7-6-8-15(19)11-14/h6-8,11,13H,4-5,9-10,12H2,1-3H3,(H,20,21)(H,22,23). The first-order valence-corrected chi connectivity index (χ1v) is 8.07. The lowest BCUT2D eigenvalue weighted by Crippen LogP contribution is -2.42. The van der Waals surface area contributed by atoms with E-state index in [-0.39, 0.29) is 24.2 Å². The van der Waals surface area contributed by atoms with Crippen molar-refractivity contribution < 1.29 is 19.1 Å². The molecule has 5 heteroatoms. The fourth-order valence-electron chi connectivity index (χ4n) is 2.67. The van der Waals surface area contributed by atoms with Crippen LogP contribution in [-0.2, 0) is 16.0 Å². The highest BCUT2D eigenvalue weighted by Crippen LogP contribution is 2.25. The van der Waals surface area contributed by atoms with E-state index in [9.17, 15) is 19.1 Å². The summed E-state index contributed by atoms with van der Waals surface area (Å²) in [5.74, 6) is -1.27. The van der Waals surface area contributed by atoms with Crippen LogP contribution in [0.25, 0.3) is 0 Å². The number of nitrogens with one attached hydrogen (secondary N) is 1. The van der Waals surface area contributed by atoms with Gasteiger partial charge in [0.15, 0.2) is 0 Å². The molecule has 0 bridgehead atoms. The minimum atomic E-state index is -0.901. The number of carboxylic acid groups (broad SMARTS) is 1. The second kappa shape index (κ2) is 8.65. The van der Waals surface area contributed by atoms with Crippen LogP contribution in [0.1, 0.15) is 45.6 Å². The second-order valence-electron chi connectivity index (χ2n) is 6.21. The Balaban J connectivity index is 2.51. The van der Waals surface area contributed by atoms with E-state index in [1.54, 1.807) is 6.07 Å². The molecular weight excluding hydrogens is 297 g/mol. The molecule has 0 aliphatic heterocycles. The summed E-state index contributed by atoms with van der Waals surface area (Å²) in [5.41, 5.74) is -0.0474. The van der Waals surface area contributed by atoms with Gasteiger partial charge in [0.05, 0.1) is 5.41 Å². The van der Waals surface area contributed by atoms with E-state index >= 15 is 0 Å². The SMILES string of the molecule is CCC(CC)(CNC(=O)CC(C)Cc1cccc(F)c1)C(=O)O. The number of benzene rings is 1. The Hall–Kier alpha value is -1.91. The van der Waals surface area contributed by atoms with Gasteiger partial charge in [0.1, 0.15) is 5.82 Å². The first kappa shape index (κ1) is 19.1. The van der Waals surface area contributed by atoms with E-state index in [1.165, 1.54) is 12.1 Å². The Morgan fingerprint density at radius 2 is 1.96 bits per heavy atom. The van der Waals surface area contributed by atoms with Crippen LogP contribution in [-0.4, -0.2) is 23.5 Å². The Morgan fingerprint density at radius 3 is 2.48 bits per heavy atom. The highest BCUT2D eigenvalue weighted by Gasteiger charge is 2.35. The molecule has 1 unspecified atom stereocenters.